The molecule has 2 atom stereocenters. The lowest BCUT2D eigenvalue weighted by Crippen LogP contribution is -2.44. The van der Waals surface area contributed by atoms with Crippen LogP contribution in [0.5, 0.6) is 0 Å². The fraction of sp³-hybridized carbons (Fsp3) is 0.125. The lowest BCUT2D eigenvalue weighted by molar-refractivity contribution is -0.387. The number of hydrogen-bond donors (Lipinski definition) is 0. The number of hydrogen-bond acceptors (Lipinski definition) is 5. The van der Waals surface area contributed by atoms with Gasteiger partial charge in [0.1, 0.15) is 5.69 Å². The van der Waals surface area contributed by atoms with Crippen molar-refractivity contribution in [3.63, 3.8) is 0 Å². The second kappa shape index (κ2) is 9.67. The Morgan fingerprint density at radius 1 is 0.914 bits per heavy atom. The summed E-state index contributed by atoms with van der Waals surface area (Å²) in [5.74, 6) is 0. The van der Waals surface area contributed by atoms with Gasteiger partial charge in [0, 0.05) is 29.9 Å². The van der Waals surface area contributed by atoms with E-state index in [0.717, 1.165) is 6.08 Å². The fourth-order valence-corrected chi connectivity index (χ4v) is 3.62. The van der Waals surface area contributed by atoms with Crippen LogP contribution >= 0.6 is 0 Å². The van der Waals surface area contributed by atoms with Crippen molar-refractivity contribution in [2.45, 2.75) is 12.6 Å². The maximum atomic E-state index is 15.8. The van der Waals surface area contributed by atoms with Crippen molar-refractivity contribution >= 4 is 17.8 Å². The standard InChI is InChI=1S/C24H19F2N5O4/c1-28-15-16(14-27-28)12-13-19-20(31(34)35)23(32)30(22(26)18-10-6-3-7-11-18)24(33)29(19)21(25)17-8-4-2-5-9-17/h2-15,21-22H,1H3. The number of aryl methyl sites for hydroxylation is 1. The van der Waals surface area contributed by atoms with Crippen molar-refractivity contribution in [1.29, 1.82) is 0 Å². The van der Waals surface area contributed by atoms with E-state index in [4.69, 9.17) is 0 Å². The Morgan fingerprint density at radius 3 is 1.94 bits per heavy atom. The SMILES string of the molecule is Cn1cc(C=Cc2c([N+](=O)[O-])c(=O)n(C(F)c3ccccc3)c(=O)n2C(F)c2ccccc2)cn1. The molecule has 2 aromatic carbocycles. The van der Waals surface area contributed by atoms with Crippen LogP contribution in [0.4, 0.5) is 14.5 Å². The smallest absolute Gasteiger partial charge is 0.275 e. The minimum Gasteiger partial charge on any atom is -0.275 e. The summed E-state index contributed by atoms with van der Waals surface area (Å²) in [7, 11) is 1.65. The zero-order chi connectivity index (χ0) is 25.1. The van der Waals surface area contributed by atoms with Crippen molar-refractivity contribution in [1.82, 2.24) is 18.9 Å². The Kier molecular flexibility index (Phi) is 6.49. The number of nitrogens with zero attached hydrogens (tertiary/aromatic N) is 5. The molecule has 0 amide bonds. The molecule has 2 heterocycles. The summed E-state index contributed by atoms with van der Waals surface area (Å²) in [4.78, 5) is 37.4. The molecule has 11 heteroatoms. The van der Waals surface area contributed by atoms with Crippen LogP contribution in [0.25, 0.3) is 12.2 Å². The Bertz CT molecular complexity index is 1510. The zero-order valence-electron chi connectivity index (χ0n) is 18.4. The number of aromatic nitrogens is 4. The van der Waals surface area contributed by atoms with Crippen LogP contribution in [0.2, 0.25) is 0 Å². The largest absolute Gasteiger partial charge is 0.357 e. The molecule has 0 saturated heterocycles. The zero-order valence-corrected chi connectivity index (χ0v) is 18.4. The summed E-state index contributed by atoms with van der Waals surface area (Å²) < 4.78 is 33.2. The van der Waals surface area contributed by atoms with E-state index in [2.05, 4.69) is 5.10 Å². The van der Waals surface area contributed by atoms with Crippen LogP contribution in [0.1, 0.15) is 35.0 Å². The number of rotatable bonds is 7. The highest BCUT2D eigenvalue weighted by atomic mass is 19.1. The maximum absolute atomic E-state index is 15.8. The van der Waals surface area contributed by atoms with Crippen LogP contribution in [-0.2, 0) is 7.05 Å². The molecule has 0 bridgehead atoms. The van der Waals surface area contributed by atoms with Gasteiger partial charge >= 0.3 is 16.9 Å². The molecule has 0 spiro atoms. The lowest BCUT2D eigenvalue weighted by atomic mass is 10.1. The molecule has 0 aliphatic rings. The molecule has 2 unspecified atom stereocenters. The van der Waals surface area contributed by atoms with Gasteiger partial charge in [0.05, 0.1) is 11.1 Å². The van der Waals surface area contributed by atoms with Crippen LogP contribution in [0.15, 0.2) is 82.6 Å². The third-order valence-electron chi connectivity index (χ3n) is 5.28. The van der Waals surface area contributed by atoms with Crippen LogP contribution in [-0.4, -0.2) is 23.8 Å². The second-order valence-electron chi connectivity index (χ2n) is 7.59. The molecule has 0 saturated carbocycles. The number of nitro groups is 1. The van der Waals surface area contributed by atoms with E-state index >= 15 is 8.78 Å². The minimum absolute atomic E-state index is 0.0137. The summed E-state index contributed by atoms with van der Waals surface area (Å²) in [6, 6.07) is 14.6. The summed E-state index contributed by atoms with van der Waals surface area (Å²) in [5, 5.41) is 15.9. The molecular formula is C24H19F2N5O4. The van der Waals surface area contributed by atoms with E-state index in [1.807, 2.05) is 0 Å². The Hall–Kier alpha value is -4.67. The summed E-state index contributed by atoms with van der Waals surface area (Å²) >= 11 is 0. The van der Waals surface area contributed by atoms with Gasteiger partial charge in [0.25, 0.3) is 0 Å². The summed E-state index contributed by atoms with van der Waals surface area (Å²) in [6.07, 6.45) is 0.808. The topological polar surface area (TPSA) is 105 Å². The van der Waals surface area contributed by atoms with E-state index < -0.39 is 40.1 Å². The molecule has 0 aliphatic carbocycles. The highest BCUT2D eigenvalue weighted by molar-refractivity contribution is 5.71. The number of halogens is 2. The predicted octanol–water partition coefficient (Wildman–Crippen LogP) is 3.85. The van der Waals surface area contributed by atoms with Crippen molar-refractivity contribution in [3.8, 4) is 0 Å². The first-order chi connectivity index (χ1) is 16.8. The van der Waals surface area contributed by atoms with Gasteiger partial charge in [-0.2, -0.15) is 5.10 Å². The van der Waals surface area contributed by atoms with E-state index in [-0.39, 0.29) is 15.7 Å². The molecular weight excluding hydrogens is 460 g/mol. The van der Waals surface area contributed by atoms with E-state index in [1.165, 1.54) is 65.5 Å². The highest BCUT2D eigenvalue weighted by Crippen LogP contribution is 2.26. The molecule has 2 aromatic heterocycles. The minimum atomic E-state index is -2.37. The number of alkyl halides is 2. The molecule has 0 radical (unpaired) electrons. The van der Waals surface area contributed by atoms with Gasteiger partial charge < -0.3 is 0 Å². The molecule has 0 aliphatic heterocycles. The van der Waals surface area contributed by atoms with Crippen molar-refractivity contribution in [2.75, 3.05) is 0 Å². The average molecular weight is 479 g/mol. The summed E-state index contributed by atoms with van der Waals surface area (Å²) in [5.41, 5.74) is -4.24. The fourth-order valence-electron chi connectivity index (χ4n) is 3.62. The second-order valence-corrected chi connectivity index (χ2v) is 7.59. The predicted molar refractivity (Wildman–Crippen MR) is 125 cm³/mol. The molecule has 4 aromatic rings. The van der Waals surface area contributed by atoms with Gasteiger partial charge in [0.2, 0.25) is 12.6 Å². The lowest BCUT2D eigenvalue weighted by Gasteiger charge is -2.19. The Morgan fingerprint density at radius 2 is 1.46 bits per heavy atom. The van der Waals surface area contributed by atoms with Gasteiger partial charge in [-0.25, -0.2) is 18.1 Å². The van der Waals surface area contributed by atoms with Crippen molar-refractivity contribution in [2.24, 2.45) is 7.05 Å². The van der Waals surface area contributed by atoms with Crippen LogP contribution in [0, 0.1) is 10.1 Å². The van der Waals surface area contributed by atoms with E-state index in [9.17, 15) is 19.7 Å². The van der Waals surface area contributed by atoms with Crippen molar-refractivity contribution in [3.05, 3.63) is 126 Å². The average Bonchev–Trinajstić information content (AvgIpc) is 3.28. The monoisotopic (exact) mass is 479 g/mol. The molecule has 178 valence electrons. The van der Waals surface area contributed by atoms with E-state index in [0.29, 0.717) is 10.1 Å². The van der Waals surface area contributed by atoms with Gasteiger partial charge in [-0.1, -0.05) is 60.7 Å². The van der Waals surface area contributed by atoms with Gasteiger partial charge in [-0.05, 0) is 12.2 Å². The molecule has 35 heavy (non-hydrogen) atoms. The molecule has 4 rings (SSSR count). The highest BCUT2D eigenvalue weighted by Gasteiger charge is 2.33. The van der Waals surface area contributed by atoms with E-state index in [1.54, 1.807) is 25.4 Å². The normalized spacial score (nSPS) is 13.1. The molecule has 0 N–H and O–H groups in total. The summed E-state index contributed by atoms with van der Waals surface area (Å²) in [6.45, 7) is 0. The maximum Gasteiger partial charge on any atom is 0.357 e. The Labute approximate surface area is 197 Å². The van der Waals surface area contributed by atoms with Crippen LogP contribution < -0.4 is 11.2 Å². The van der Waals surface area contributed by atoms with Gasteiger partial charge in [0.15, 0.2) is 0 Å². The first-order valence-corrected chi connectivity index (χ1v) is 10.4. The molecule has 9 nitrogen and oxygen atoms in total. The van der Waals surface area contributed by atoms with Crippen molar-refractivity contribution < 1.29 is 13.7 Å². The first kappa shape index (κ1) is 23.5. The number of benzene rings is 2. The first-order valence-electron chi connectivity index (χ1n) is 10.4. The van der Waals surface area contributed by atoms with Gasteiger partial charge in [-0.15, -0.1) is 0 Å². The quantitative estimate of drug-likeness (QED) is 0.296. The van der Waals surface area contributed by atoms with Crippen LogP contribution in [0.3, 0.4) is 0 Å². The third-order valence-corrected chi connectivity index (χ3v) is 5.28. The van der Waals surface area contributed by atoms with Gasteiger partial charge in [-0.3, -0.25) is 24.2 Å². The Balaban J connectivity index is 2.04. The molecule has 0 fully saturated rings. The third kappa shape index (κ3) is 4.56.